The van der Waals surface area contributed by atoms with Gasteiger partial charge in [0.05, 0.1) is 12.5 Å². The van der Waals surface area contributed by atoms with Crippen LogP contribution in [0.1, 0.15) is 32.6 Å². The smallest absolute Gasteiger partial charge is 0.232 e. The maximum atomic E-state index is 11.1. The number of rotatable bonds is 10. The van der Waals surface area contributed by atoms with Crippen LogP contribution in [0.4, 0.5) is 5.82 Å². The molecule has 6 nitrogen and oxygen atoms in total. The zero-order valence-corrected chi connectivity index (χ0v) is 18.4. The Kier molecular flexibility index (Phi) is 6.80. The number of ether oxygens (including phenoxy) is 1. The minimum Gasteiger partial charge on any atom is -0.497 e. The average Bonchev–Trinajstić information content (AvgIpc) is 3.22. The summed E-state index contributed by atoms with van der Waals surface area (Å²) < 4.78 is 11.6. The molecule has 2 heterocycles. The van der Waals surface area contributed by atoms with E-state index in [4.69, 9.17) is 9.15 Å². The molecular formula is C26H27N3O3. The average molecular weight is 430 g/mol. The standard InChI is InChI=1S/C26H27N3O3/c1-18(30)9-5-4-8-16-27-25-23-22(19-12-14-21(31-2)15-13-19)24(20-10-6-3-7-11-20)32-26(23)29-17-28-25/h3,6-7,10-15,17H,4-5,8-9,16H2,1-2H3,(H,27,28,29). The number of carbonyl (C=O) groups is 1. The first-order chi connectivity index (χ1) is 15.7. The van der Waals surface area contributed by atoms with Gasteiger partial charge in [-0.2, -0.15) is 0 Å². The second-order valence-corrected chi connectivity index (χ2v) is 7.74. The zero-order chi connectivity index (χ0) is 22.3. The molecule has 0 radical (unpaired) electrons. The SMILES string of the molecule is COc1ccc(-c2c(-c3ccccc3)oc3ncnc(NCCCCCC(C)=O)c23)cc1. The van der Waals surface area contributed by atoms with Crippen molar-refractivity contribution in [2.24, 2.45) is 0 Å². The summed E-state index contributed by atoms with van der Waals surface area (Å²) in [5, 5.41) is 4.31. The van der Waals surface area contributed by atoms with E-state index in [0.29, 0.717) is 12.1 Å². The monoisotopic (exact) mass is 429 g/mol. The van der Waals surface area contributed by atoms with E-state index in [9.17, 15) is 4.79 Å². The second-order valence-electron chi connectivity index (χ2n) is 7.74. The largest absolute Gasteiger partial charge is 0.497 e. The number of fused-ring (bicyclic) bond motifs is 1. The number of carbonyl (C=O) groups excluding carboxylic acids is 1. The molecule has 164 valence electrons. The lowest BCUT2D eigenvalue weighted by molar-refractivity contribution is -0.117. The Morgan fingerprint density at radius 3 is 2.47 bits per heavy atom. The topological polar surface area (TPSA) is 77.2 Å². The Hall–Kier alpha value is -3.67. The molecule has 0 saturated heterocycles. The van der Waals surface area contributed by atoms with Crippen LogP contribution in [0.5, 0.6) is 5.75 Å². The van der Waals surface area contributed by atoms with Crippen molar-refractivity contribution in [1.82, 2.24) is 9.97 Å². The van der Waals surface area contributed by atoms with E-state index in [2.05, 4.69) is 15.3 Å². The number of unbranched alkanes of at least 4 members (excludes halogenated alkanes) is 2. The van der Waals surface area contributed by atoms with E-state index in [1.165, 1.54) is 6.33 Å². The molecule has 4 rings (SSSR count). The van der Waals surface area contributed by atoms with Crippen LogP contribution in [0, 0.1) is 0 Å². The number of nitrogens with one attached hydrogen (secondary N) is 1. The summed E-state index contributed by atoms with van der Waals surface area (Å²) in [4.78, 5) is 20.0. The van der Waals surface area contributed by atoms with Crippen molar-refractivity contribution in [2.75, 3.05) is 19.0 Å². The van der Waals surface area contributed by atoms with E-state index < -0.39 is 0 Å². The van der Waals surface area contributed by atoms with Crippen molar-refractivity contribution in [2.45, 2.75) is 32.6 Å². The number of hydrogen-bond donors (Lipinski definition) is 1. The van der Waals surface area contributed by atoms with E-state index in [-0.39, 0.29) is 5.78 Å². The first-order valence-electron chi connectivity index (χ1n) is 10.9. The maximum Gasteiger partial charge on any atom is 0.232 e. The third-order valence-electron chi connectivity index (χ3n) is 5.40. The van der Waals surface area contributed by atoms with Gasteiger partial charge in [-0.3, -0.25) is 0 Å². The predicted molar refractivity (Wildman–Crippen MR) is 127 cm³/mol. The summed E-state index contributed by atoms with van der Waals surface area (Å²) in [6.45, 7) is 2.40. The Morgan fingerprint density at radius 1 is 0.969 bits per heavy atom. The third kappa shape index (κ3) is 4.80. The first kappa shape index (κ1) is 21.6. The van der Waals surface area contributed by atoms with Crippen molar-refractivity contribution in [1.29, 1.82) is 0 Å². The fourth-order valence-corrected chi connectivity index (χ4v) is 3.78. The molecule has 1 N–H and O–H groups in total. The van der Waals surface area contributed by atoms with Crippen LogP contribution >= 0.6 is 0 Å². The number of hydrogen-bond acceptors (Lipinski definition) is 6. The lowest BCUT2D eigenvalue weighted by Crippen LogP contribution is -2.04. The van der Waals surface area contributed by atoms with Gasteiger partial charge in [-0.25, -0.2) is 9.97 Å². The van der Waals surface area contributed by atoms with Crippen LogP contribution in [0.3, 0.4) is 0 Å². The molecular weight excluding hydrogens is 402 g/mol. The van der Waals surface area contributed by atoms with Gasteiger partial charge in [0.25, 0.3) is 0 Å². The molecule has 2 aromatic carbocycles. The fourth-order valence-electron chi connectivity index (χ4n) is 3.78. The highest BCUT2D eigenvalue weighted by molar-refractivity contribution is 6.05. The first-order valence-corrected chi connectivity index (χ1v) is 10.9. The number of ketones is 1. The molecule has 0 amide bonds. The predicted octanol–water partition coefficient (Wildman–Crippen LogP) is 6.13. The lowest BCUT2D eigenvalue weighted by Gasteiger charge is -2.09. The van der Waals surface area contributed by atoms with Gasteiger partial charge in [0.2, 0.25) is 5.71 Å². The molecule has 32 heavy (non-hydrogen) atoms. The number of nitrogens with zero attached hydrogens (tertiary/aromatic N) is 2. The molecule has 0 spiro atoms. The van der Waals surface area contributed by atoms with Crippen molar-refractivity contribution >= 4 is 22.7 Å². The van der Waals surface area contributed by atoms with Crippen LogP contribution in [0.2, 0.25) is 0 Å². The van der Waals surface area contributed by atoms with Gasteiger partial charge in [0.1, 0.15) is 29.4 Å². The molecule has 0 atom stereocenters. The van der Waals surface area contributed by atoms with Crippen LogP contribution in [0.25, 0.3) is 33.6 Å². The van der Waals surface area contributed by atoms with Gasteiger partial charge in [-0.1, -0.05) is 48.9 Å². The Balaban J connectivity index is 1.71. The highest BCUT2D eigenvalue weighted by Gasteiger charge is 2.22. The molecule has 0 saturated carbocycles. The van der Waals surface area contributed by atoms with Gasteiger partial charge in [-0.15, -0.1) is 0 Å². The summed E-state index contributed by atoms with van der Waals surface area (Å²) in [6.07, 6.45) is 5.03. The van der Waals surface area contributed by atoms with Gasteiger partial charge in [0.15, 0.2) is 0 Å². The minimum atomic E-state index is 0.242. The molecule has 0 fully saturated rings. The number of Topliss-reactive ketones (excluding diaryl/α,β-unsaturated/α-hetero) is 1. The van der Waals surface area contributed by atoms with Gasteiger partial charge >= 0.3 is 0 Å². The number of aromatic nitrogens is 2. The van der Waals surface area contributed by atoms with Crippen molar-refractivity contribution in [3.8, 4) is 28.2 Å². The van der Waals surface area contributed by atoms with Crippen molar-refractivity contribution < 1.29 is 13.9 Å². The number of methoxy groups -OCH3 is 1. The van der Waals surface area contributed by atoms with Gasteiger partial charge < -0.3 is 19.3 Å². The second kappa shape index (κ2) is 10.1. The Labute approximate surface area is 187 Å². The van der Waals surface area contributed by atoms with Crippen LogP contribution in [-0.2, 0) is 4.79 Å². The molecule has 0 aliphatic heterocycles. The maximum absolute atomic E-state index is 11.1. The normalized spacial score (nSPS) is 10.9. The van der Waals surface area contributed by atoms with Crippen molar-refractivity contribution in [3.05, 3.63) is 60.9 Å². The third-order valence-corrected chi connectivity index (χ3v) is 5.40. The van der Waals surface area contributed by atoms with Gasteiger partial charge in [-0.05, 0) is 37.5 Å². The lowest BCUT2D eigenvalue weighted by atomic mass is 9.99. The summed E-state index contributed by atoms with van der Waals surface area (Å²) in [5.74, 6) is 2.54. The Morgan fingerprint density at radius 2 is 1.75 bits per heavy atom. The van der Waals surface area contributed by atoms with Crippen LogP contribution in [-0.4, -0.2) is 29.4 Å². The molecule has 4 aromatic rings. The highest BCUT2D eigenvalue weighted by Crippen LogP contribution is 2.42. The van der Waals surface area contributed by atoms with Crippen LogP contribution in [0.15, 0.2) is 65.3 Å². The van der Waals surface area contributed by atoms with Gasteiger partial charge in [0, 0.05) is 24.1 Å². The summed E-state index contributed by atoms with van der Waals surface area (Å²) in [5.41, 5.74) is 3.48. The van der Waals surface area contributed by atoms with E-state index >= 15 is 0 Å². The summed E-state index contributed by atoms with van der Waals surface area (Å²) in [6, 6.07) is 17.9. The van der Waals surface area contributed by atoms with Crippen molar-refractivity contribution in [3.63, 3.8) is 0 Å². The summed E-state index contributed by atoms with van der Waals surface area (Å²) in [7, 11) is 1.66. The molecule has 0 aliphatic rings. The molecule has 0 unspecified atom stereocenters. The highest BCUT2D eigenvalue weighted by atomic mass is 16.5. The van der Waals surface area contributed by atoms with E-state index in [1.54, 1.807) is 14.0 Å². The number of benzene rings is 2. The molecule has 6 heteroatoms. The minimum absolute atomic E-state index is 0.242. The quantitative estimate of drug-likeness (QED) is 0.306. The summed E-state index contributed by atoms with van der Waals surface area (Å²) >= 11 is 0. The number of furan rings is 1. The van der Waals surface area contributed by atoms with E-state index in [1.807, 2.05) is 54.6 Å². The zero-order valence-electron chi connectivity index (χ0n) is 18.4. The molecule has 2 aromatic heterocycles. The molecule has 0 aliphatic carbocycles. The fraction of sp³-hybridized carbons (Fsp3) is 0.269. The Bertz CT molecular complexity index is 1180. The number of anilines is 1. The molecule has 0 bridgehead atoms. The van der Waals surface area contributed by atoms with Crippen LogP contribution < -0.4 is 10.1 Å². The van der Waals surface area contributed by atoms with E-state index in [0.717, 1.165) is 65.2 Å².